The average Bonchev–Trinajstić information content (AvgIpc) is 2.21. The van der Waals surface area contributed by atoms with Crippen molar-refractivity contribution in [3.63, 3.8) is 0 Å². The van der Waals surface area contributed by atoms with Crippen LogP contribution in [0.2, 0.25) is 0 Å². The molecule has 1 aromatic carbocycles. The number of aliphatic hydroxyl groups excluding tert-OH is 1. The van der Waals surface area contributed by atoms with Gasteiger partial charge in [0, 0.05) is 22.8 Å². The minimum atomic E-state index is -0.232. The Morgan fingerprint density at radius 2 is 2.12 bits per heavy atom. The van der Waals surface area contributed by atoms with Crippen molar-refractivity contribution >= 4 is 11.8 Å². The number of aliphatic hydroxyl groups is 1. The average molecular weight is 243 g/mol. The predicted molar refractivity (Wildman–Crippen MR) is 66.0 cm³/mol. The van der Waals surface area contributed by atoms with Crippen LogP contribution in [0.3, 0.4) is 0 Å². The molecular weight excluding hydrogens is 225 g/mol. The summed E-state index contributed by atoms with van der Waals surface area (Å²) in [6.07, 6.45) is 0.666. The molecule has 0 saturated carbocycles. The minimum absolute atomic E-state index is 0.133. The van der Waals surface area contributed by atoms with Gasteiger partial charge in [0.2, 0.25) is 0 Å². The van der Waals surface area contributed by atoms with Crippen molar-refractivity contribution in [2.75, 3.05) is 6.61 Å². The van der Waals surface area contributed by atoms with Gasteiger partial charge in [0.15, 0.2) is 0 Å². The Labute approximate surface area is 100 Å². The van der Waals surface area contributed by atoms with Crippen molar-refractivity contribution in [1.29, 1.82) is 0 Å². The Bertz CT molecular complexity index is 344. The summed E-state index contributed by atoms with van der Waals surface area (Å²) in [5.41, 5.74) is 6.48. The van der Waals surface area contributed by atoms with Gasteiger partial charge in [-0.05, 0) is 31.0 Å². The molecule has 0 amide bonds. The van der Waals surface area contributed by atoms with E-state index in [4.69, 9.17) is 10.8 Å². The molecule has 4 heteroatoms. The second-order valence-electron chi connectivity index (χ2n) is 3.92. The lowest BCUT2D eigenvalue weighted by Crippen LogP contribution is -2.06. The first-order valence-electron chi connectivity index (χ1n) is 5.37. The number of benzene rings is 1. The summed E-state index contributed by atoms with van der Waals surface area (Å²) in [4.78, 5) is 0.616. The Balaban J connectivity index is 2.75. The molecule has 0 saturated heterocycles. The van der Waals surface area contributed by atoms with Crippen LogP contribution in [0.5, 0.6) is 0 Å². The van der Waals surface area contributed by atoms with Crippen LogP contribution in [0.4, 0.5) is 4.39 Å². The predicted octanol–water partition coefficient (Wildman–Crippen LogP) is 2.71. The van der Waals surface area contributed by atoms with Gasteiger partial charge in [-0.2, -0.15) is 0 Å². The second-order valence-corrected chi connectivity index (χ2v) is 5.40. The summed E-state index contributed by atoms with van der Waals surface area (Å²) in [6, 6.07) is 4.94. The van der Waals surface area contributed by atoms with Crippen LogP contribution in [-0.2, 0) is 0 Å². The SMILES string of the molecule is CC(CCO)Sc1ccc([C@@H](C)N)cc1F. The highest BCUT2D eigenvalue weighted by atomic mass is 32.2. The normalized spacial score (nSPS) is 14.8. The topological polar surface area (TPSA) is 46.2 Å². The number of rotatable bonds is 5. The van der Waals surface area contributed by atoms with Gasteiger partial charge >= 0.3 is 0 Å². The molecule has 0 aromatic heterocycles. The first-order valence-corrected chi connectivity index (χ1v) is 6.25. The molecule has 0 aliphatic heterocycles. The van der Waals surface area contributed by atoms with Gasteiger partial charge in [-0.15, -0.1) is 11.8 Å². The van der Waals surface area contributed by atoms with Gasteiger partial charge in [0.05, 0.1) is 0 Å². The molecular formula is C12H18FNOS. The fourth-order valence-corrected chi connectivity index (χ4v) is 2.33. The number of thioether (sulfide) groups is 1. The van der Waals surface area contributed by atoms with Crippen LogP contribution >= 0.6 is 11.8 Å². The molecule has 1 aromatic rings. The summed E-state index contributed by atoms with van der Waals surface area (Å²) >= 11 is 1.44. The molecule has 90 valence electrons. The first-order chi connectivity index (χ1) is 7.54. The third-order valence-corrected chi connectivity index (χ3v) is 3.57. The van der Waals surface area contributed by atoms with Crippen LogP contribution in [-0.4, -0.2) is 17.0 Å². The van der Waals surface area contributed by atoms with E-state index in [1.54, 1.807) is 6.07 Å². The standard InChI is InChI=1S/C12H18FNOS/c1-8(5-6-15)16-12-4-3-10(9(2)14)7-11(12)13/h3-4,7-9,15H,5-6,14H2,1-2H3/t8?,9-/m1/s1. The van der Waals surface area contributed by atoms with E-state index in [9.17, 15) is 4.39 Å². The van der Waals surface area contributed by atoms with E-state index in [0.717, 1.165) is 5.56 Å². The Kier molecular flexibility index (Phi) is 5.25. The van der Waals surface area contributed by atoms with Gasteiger partial charge in [-0.1, -0.05) is 13.0 Å². The maximum absolute atomic E-state index is 13.7. The molecule has 3 N–H and O–H groups in total. The highest BCUT2D eigenvalue weighted by Gasteiger charge is 2.10. The van der Waals surface area contributed by atoms with Crippen molar-refractivity contribution in [2.24, 2.45) is 5.73 Å². The number of halogens is 1. The highest BCUT2D eigenvalue weighted by Crippen LogP contribution is 2.28. The zero-order chi connectivity index (χ0) is 12.1. The summed E-state index contributed by atoms with van der Waals surface area (Å²) in [5.74, 6) is -0.232. The van der Waals surface area contributed by atoms with E-state index in [0.29, 0.717) is 11.3 Å². The van der Waals surface area contributed by atoms with Gasteiger partial charge in [0.25, 0.3) is 0 Å². The van der Waals surface area contributed by atoms with E-state index in [1.807, 2.05) is 19.9 Å². The summed E-state index contributed by atoms with van der Waals surface area (Å²) in [5, 5.41) is 8.99. The lowest BCUT2D eigenvalue weighted by molar-refractivity contribution is 0.289. The van der Waals surface area contributed by atoms with Crippen LogP contribution in [0, 0.1) is 5.82 Å². The monoisotopic (exact) mass is 243 g/mol. The van der Waals surface area contributed by atoms with Crippen molar-refractivity contribution in [1.82, 2.24) is 0 Å². The third kappa shape index (κ3) is 3.77. The van der Waals surface area contributed by atoms with Crippen LogP contribution in [0.25, 0.3) is 0 Å². The van der Waals surface area contributed by atoms with E-state index in [-0.39, 0.29) is 23.7 Å². The van der Waals surface area contributed by atoms with Gasteiger partial charge in [-0.3, -0.25) is 0 Å². The largest absolute Gasteiger partial charge is 0.396 e. The Morgan fingerprint density at radius 1 is 1.44 bits per heavy atom. The van der Waals surface area contributed by atoms with Gasteiger partial charge < -0.3 is 10.8 Å². The maximum atomic E-state index is 13.7. The second kappa shape index (κ2) is 6.23. The third-order valence-electron chi connectivity index (χ3n) is 2.35. The smallest absolute Gasteiger partial charge is 0.137 e. The number of hydrogen-bond acceptors (Lipinski definition) is 3. The Hall–Kier alpha value is -0.580. The summed E-state index contributed by atoms with van der Waals surface area (Å²) in [7, 11) is 0. The summed E-state index contributed by atoms with van der Waals surface area (Å²) < 4.78 is 13.7. The molecule has 1 rings (SSSR count). The maximum Gasteiger partial charge on any atom is 0.137 e. The molecule has 0 aliphatic rings. The fourth-order valence-electron chi connectivity index (χ4n) is 1.35. The molecule has 0 fully saturated rings. The number of hydrogen-bond donors (Lipinski definition) is 2. The van der Waals surface area contributed by atoms with Crippen molar-refractivity contribution < 1.29 is 9.50 Å². The van der Waals surface area contributed by atoms with Gasteiger partial charge in [-0.25, -0.2) is 4.39 Å². The fraction of sp³-hybridized carbons (Fsp3) is 0.500. The van der Waals surface area contributed by atoms with Gasteiger partial charge in [0.1, 0.15) is 5.82 Å². The quantitative estimate of drug-likeness (QED) is 0.782. The molecule has 0 radical (unpaired) electrons. The van der Waals surface area contributed by atoms with Crippen LogP contribution < -0.4 is 5.73 Å². The minimum Gasteiger partial charge on any atom is -0.396 e. The van der Waals surface area contributed by atoms with Crippen molar-refractivity contribution in [3.8, 4) is 0 Å². The van der Waals surface area contributed by atoms with E-state index < -0.39 is 0 Å². The lowest BCUT2D eigenvalue weighted by Gasteiger charge is -2.12. The van der Waals surface area contributed by atoms with E-state index in [1.165, 1.54) is 17.8 Å². The van der Waals surface area contributed by atoms with Crippen LogP contribution in [0.1, 0.15) is 31.9 Å². The molecule has 0 aliphatic carbocycles. The van der Waals surface area contributed by atoms with Crippen LogP contribution in [0.15, 0.2) is 23.1 Å². The molecule has 1 unspecified atom stereocenters. The van der Waals surface area contributed by atoms with E-state index >= 15 is 0 Å². The zero-order valence-corrected chi connectivity index (χ0v) is 10.4. The molecule has 0 bridgehead atoms. The van der Waals surface area contributed by atoms with E-state index in [2.05, 4.69) is 0 Å². The zero-order valence-electron chi connectivity index (χ0n) is 9.61. The molecule has 16 heavy (non-hydrogen) atoms. The molecule has 0 heterocycles. The first kappa shape index (κ1) is 13.5. The van der Waals surface area contributed by atoms with Crippen molar-refractivity contribution in [3.05, 3.63) is 29.6 Å². The molecule has 2 atom stereocenters. The lowest BCUT2D eigenvalue weighted by atomic mass is 10.1. The molecule has 0 spiro atoms. The van der Waals surface area contributed by atoms with Crippen molar-refractivity contribution in [2.45, 2.75) is 36.5 Å². The highest BCUT2D eigenvalue weighted by molar-refractivity contribution is 7.99. The Morgan fingerprint density at radius 3 is 2.62 bits per heavy atom. The number of nitrogens with two attached hydrogens (primary N) is 1. The summed E-state index contributed by atoms with van der Waals surface area (Å²) in [6.45, 7) is 3.93. The molecule has 2 nitrogen and oxygen atoms in total.